The average Bonchev–Trinajstić information content (AvgIpc) is 2.37. The molecule has 0 unspecified atom stereocenters. The van der Waals surface area contributed by atoms with Crippen molar-refractivity contribution < 1.29 is 4.92 Å². The second kappa shape index (κ2) is 8.46. The van der Waals surface area contributed by atoms with Crippen molar-refractivity contribution in [3.63, 3.8) is 0 Å². The van der Waals surface area contributed by atoms with E-state index >= 15 is 0 Å². The molecule has 0 bridgehead atoms. The van der Waals surface area contributed by atoms with Crippen LogP contribution in [0.25, 0.3) is 0 Å². The Kier molecular flexibility index (Phi) is 7.25. The van der Waals surface area contributed by atoms with Gasteiger partial charge >= 0.3 is 122 Å². The molecule has 0 fully saturated rings. The van der Waals surface area contributed by atoms with Crippen molar-refractivity contribution in [3.8, 4) is 0 Å². The molecule has 98 valence electrons. The zero-order valence-electron chi connectivity index (χ0n) is 10.3. The monoisotopic (exact) mass is 377 g/mol. The molecule has 0 N–H and O–H groups in total. The molecule has 0 saturated heterocycles. The topological polar surface area (TPSA) is 43.1 Å². The first kappa shape index (κ1) is 15.4. The maximum atomic E-state index is 10.5. The Morgan fingerprint density at radius 3 is 2.61 bits per heavy atom. The molecular weight excluding hydrogens is 361 g/mol. The fourth-order valence-corrected chi connectivity index (χ4v) is 3.56. The summed E-state index contributed by atoms with van der Waals surface area (Å²) in [4.78, 5) is 12.3. The van der Waals surface area contributed by atoms with Crippen LogP contribution in [0.15, 0.2) is 33.7 Å². The number of hydrogen-bond acceptors (Lipinski definition) is 2. The summed E-state index contributed by atoms with van der Waals surface area (Å²) in [6.07, 6.45) is 4.79. The van der Waals surface area contributed by atoms with Gasteiger partial charge in [0.1, 0.15) is 0 Å². The van der Waals surface area contributed by atoms with Gasteiger partial charge in [-0.1, -0.05) is 0 Å². The first-order chi connectivity index (χ1) is 8.63. The van der Waals surface area contributed by atoms with Crippen molar-refractivity contribution >= 4 is 41.0 Å². The molecule has 0 heterocycles. The zero-order valence-corrected chi connectivity index (χ0v) is 13.6. The molecule has 0 saturated carbocycles. The number of nitro benzene ring substituents is 1. The predicted octanol–water partition coefficient (Wildman–Crippen LogP) is 3.74. The van der Waals surface area contributed by atoms with Crippen LogP contribution in [0.5, 0.6) is 0 Å². The van der Waals surface area contributed by atoms with Crippen LogP contribution in [0, 0.1) is 10.1 Å². The Hall–Kier alpha value is -0.641. The Balaban J connectivity index is 2.47. The summed E-state index contributed by atoms with van der Waals surface area (Å²) in [5.74, 6) is 0. The van der Waals surface area contributed by atoms with Crippen molar-refractivity contribution in [2.24, 2.45) is 0 Å². The molecular formula is C13H16BrNO2Se. The van der Waals surface area contributed by atoms with Gasteiger partial charge in [-0.3, -0.25) is 0 Å². The molecule has 0 aliphatic carbocycles. The van der Waals surface area contributed by atoms with Crippen LogP contribution in [-0.2, 0) is 0 Å². The molecule has 0 spiro atoms. The Labute approximate surface area is 122 Å². The van der Waals surface area contributed by atoms with E-state index in [-0.39, 0.29) is 25.6 Å². The molecule has 3 nitrogen and oxygen atoms in total. The van der Waals surface area contributed by atoms with Crippen molar-refractivity contribution in [1.29, 1.82) is 0 Å². The van der Waals surface area contributed by atoms with Gasteiger partial charge in [0.15, 0.2) is 0 Å². The van der Waals surface area contributed by atoms with E-state index in [4.69, 9.17) is 0 Å². The molecule has 0 aromatic heterocycles. The molecule has 1 rings (SSSR count). The Bertz CT molecular complexity index is 418. The second-order valence-corrected chi connectivity index (χ2v) is 6.89. The number of nitro groups is 1. The molecule has 0 aliphatic rings. The Morgan fingerprint density at radius 1 is 1.39 bits per heavy atom. The molecule has 0 radical (unpaired) electrons. The normalized spacial score (nSPS) is 11.6. The summed E-state index contributed by atoms with van der Waals surface area (Å²) in [6.45, 7) is 2.19. The van der Waals surface area contributed by atoms with Crippen LogP contribution in [-0.4, -0.2) is 19.9 Å². The maximum absolute atomic E-state index is 10.5. The van der Waals surface area contributed by atoms with Gasteiger partial charge in [0.2, 0.25) is 0 Å². The average molecular weight is 377 g/mol. The van der Waals surface area contributed by atoms with Gasteiger partial charge in [-0.05, 0) is 0 Å². The first-order valence-electron chi connectivity index (χ1n) is 5.89. The molecule has 5 heteroatoms. The van der Waals surface area contributed by atoms with Crippen LogP contribution in [0.4, 0.5) is 5.69 Å². The van der Waals surface area contributed by atoms with Crippen LogP contribution in [0.2, 0.25) is 0 Å². The fraction of sp³-hybridized carbons (Fsp3) is 0.385. The van der Waals surface area contributed by atoms with Gasteiger partial charge < -0.3 is 0 Å². The third kappa shape index (κ3) is 5.80. The van der Waals surface area contributed by atoms with E-state index in [1.54, 1.807) is 12.1 Å². The van der Waals surface area contributed by atoms with Gasteiger partial charge in [-0.15, -0.1) is 0 Å². The summed E-state index contributed by atoms with van der Waals surface area (Å²) in [7, 11) is 0. The van der Waals surface area contributed by atoms with E-state index < -0.39 is 0 Å². The molecule has 0 atom stereocenters. The molecule has 18 heavy (non-hydrogen) atoms. The van der Waals surface area contributed by atoms with E-state index in [1.165, 1.54) is 23.7 Å². The number of halogens is 1. The van der Waals surface area contributed by atoms with Gasteiger partial charge in [-0.2, -0.15) is 0 Å². The SMILES string of the molecule is CCCCC/C(Br)=C\[Se]c1ccc([N+](=O)[O-])cc1. The number of rotatable bonds is 7. The second-order valence-electron chi connectivity index (χ2n) is 3.89. The third-order valence-corrected chi connectivity index (χ3v) is 5.68. The van der Waals surface area contributed by atoms with E-state index in [2.05, 4.69) is 27.8 Å². The van der Waals surface area contributed by atoms with Crippen molar-refractivity contribution in [2.75, 3.05) is 0 Å². The van der Waals surface area contributed by atoms with E-state index in [0.29, 0.717) is 0 Å². The van der Waals surface area contributed by atoms with E-state index in [9.17, 15) is 10.1 Å². The molecule has 0 aliphatic heterocycles. The first-order valence-corrected chi connectivity index (χ1v) is 8.53. The zero-order chi connectivity index (χ0) is 13.4. The third-order valence-electron chi connectivity index (χ3n) is 2.39. The summed E-state index contributed by atoms with van der Waals surface area (Å²) >= 11 is 3.81. The number of hydrogen-bond donors (Lipinski definition) is 0. The van der Waals surface area contributed by atoms with Crippen molar-refractivity contribution in [1.82, 2.24) is 0 Å². The number of benzene rings is 1. The standard InChI is InChI=1S/C13H16BrNO2Se/c1-2-3-4-5-11(14)10-18-13-8-6-12(7-9-13)15(16)17/h6-10H,2-5H2,1H3/b11-10+. The van der Waals surface area contributed by atoms with Gasteiger partial charge in [0.05, 0.1) is 0 Å². The van der Waals surface area contributed by atoms with Crippen molar-refractivity contribution in [3.05, 3.63) is 43.8 Å². The fourth-order valence-electron chi connectivity index (χ4n) is 1.38. The minimum atomic E-state index is -0.368. The minimum absolute atomic E-state index is 0.153. The summed E-state index contributed by atoms with van der Waals surface area (Å²) < 4.78 is 2.40. The van der Waals surface area contributed by atoms with Crippen LogP contribution >= 0.6 is 15.9 Å². The summed E-state index contributed by atoms with van der Waals surface area (Å²) in [6, 6.07) is 6.80. The van der Waals surface area contributed by atoms with Crippen LogP contribution in [0.1, 0.15) is 32.6 Å². The quantitative estimate of drug-likeness (QED) is 0.315. The van der Waals surface area contributed by atoms with Crippen molar-refractivity contribution in [2.45, 2.75) is 32.6 Å². The molecule has 0 amide bonds. The number of non-ortho nitro benzene ring substituents is 1. The predicted molar refractivity (Wildman–Crippen MR) is 79.6 cm³/mol. The van der Waals surface area contributed by atoms with Gasteiger partial charge in [-0.25, -0.2) is 0 Å². The summed E-state index contributed by atoms with van der Waals surface area (Å²) in [5.41, 5.74) is 0.153. The Morgan fingerprint density at radius 2 is 2.06 bits per heavy atom. The van der Waals surface area contributed by atoms with Crippen LogP contribution in [0.3, 0.4) is 0 Å². The van der Waals surface area contributed by atoms with Gasteiger partial charge in [0, 0.05) is 0 Å². The van der Waals surface area contributed by atoms with E-state index in [1.807, 2.05) is 12.1 Å². The molecule has 1 aromatic carbocycles. The number of nitrogens with zero attached hydrogens (tertiary/aromatic N) is 1. The molecule has 1 aromatic rings. The van der Waals surface area contributed by atoms with E-state index in [0.717, 1.165) is 10.9 Å². The van der Waals surface area contributed by atoms with Crippen LogP contribution < -0.4 is 4.46 Å². The summed E-state index contributed by atoms with van der Waals surface area (Å²) in [5, 5.41) is 10.5. The number of unbranched alkanes of at least 4 members (excludes halogenated alkanes) is 2. The van der Waals surface area contributed by atoms with Gasteiger partial charge in [0.25, 0.3) is 0 Å². The number of allylic oxidation sites excluding steroid dienone is 1.